The standard InChI is InChI=1S/C23H28N2OS/c26-23(18-9-3-1-4-10-18)25-16-8-7-13-21(25)19-14-15-22(24-17-19)27-20-11-5-2-6-12-20/h1,3-4,9-10,14-15,17,20-21H,2,5-8,11-13,16H2/t21-/m1/s1. The van der Waals surface area contributed by atoms with Gasteiger partial charge in [-0.05, 0) is 55.9 Å². The second kappa shape index (κ2) is 8.92. The smallest absolute Gasteiger partial charge is 0.254 e. The quantitative estimate of drug-likeness (QED) is 0.665. The summed E-state index contributed by atoms with van der Waals surface area (Å²) < 4.78 is 0. The van der Waals surface area contributed by atoms with Gasteiger partial charge in [-0.15, -0.1) is 11.8 Å². The van der Waals surface area contributed by atoms with E-state index in [0.717, 1.165) is 35.2 Å². The molecule has 1 saturated heterocycles. The number of rotatable bonds is 4. The van der Waals surface area contributed by atoms with E-state index in [1.165, 1.54) is 44.1 Å². The van der Waals surface area contributed by atoms with E-state index in [2.05, 4.69) is 12.1 Å². The van der Waals surface area contributed by atoms with Crippen molar-refractivity contribution in [3.05, 3.63) is 59.8 Å². The van der Waals surface area contributed by atoms with Crippen LogP contribution in [-0.2, 0) is 0 Å². The summed E-state index contributed by atoms with van der Waals surface area (Å²) in [5.41, 5.74) is 1.95. The van der Waals surface area contributed by atoms with Gasteiger partial charge in [0.15, 0.2) is 0 Å². The number of nitrogens with zero attached hydrogens (tertiary/aromatic N) is 2. The lowest BCUT2D eigenvalue weighted by molar-refractivity contribution is 0.0611. The number of carbonyl (C=O) groups excluding carboxylic acids is 1. The number of piperidine rings is 1. The molecule has 0 unspecified atom stereocenters. The van der Waals surface area contributed by atoms with Gasteiger partial charge in [0.2, 0.25) is 0 Å². The average molecular weight is 381 g/mol. The highest BCUT2D eigenvalue weighted by atomic mass is 32.2. The maximum Gasteiger partial charge on any atom is 0.254 e. The molecule has 2 aliphatic rings. The van der Waals surface area contributed by atoms with Crippen LogP contribution in [0.4, 0.5) is 0 Å². The van der Waals surface area contributed by atoms with Crippen LogP contribution in [0.15, 0.2) is 53.7 Å². The number of aromatic nitrogens is 1. The van der Waals surface area contributed by atoms with E-state index in [9.17, 15) is 4.79 Å². The van der Waals surface area contributed by atoms with Crippen molar-refractivity contribution in [1.82, 2.24) is 9.88 Å². The highest BCUT2D eigenvalue weighted by Gasteiger charge is 2.29. The molecule has 27 heavy (non-hydrogen) atoms. The lowest BCUT2D eigenvalue weighted by Gasteiger charge is -2.36. The van der Waals surface area contributed by atoms with E-state index in [1.54, 1.807) is 0 Å². The van der Waals surface area contributed by atoms with Gasteiger partial charge in [-0.25, -0.2) is 4.98 Å². The summed E-state index contributed by atoms with van der Waals surface area (Å²) in [6, 6.07) is 14.2. The Morgan fingerprint density at radius 3 is 2.44 bits per heavy atom. The number of hydrogen-bond donors (Lipinski definition) is 0. The van der Waals surface area contributed by atoms with Crippen molar-refractivity contribution in [2.24, 2.45) is 0 Å². The van der Waals surface area contributed by atoms with Gasteiger partial charge in [0.05, 0.1) is 11.1 Å². The molecule has 1 saturated carbocycles. The summed E-state index contributed by atoms with van der Waals surface area (Å²) in [4.78, 5) is 19.8. The fourth-order valence-corrected chi connectivity index (χ4v) is 5.45. The lowest BCUT2D eigenvalue weighted by atomic mass is 9.95. The molecular weight excluding hydrogens is 352 g/mol. The molecule has 0 radical (unpaired) electrons. The summed E-state index contributed by atoms with van der Waals surface area (Å²) >= 11 is 1.93. The van der Waals surface area contributed by atoms with Crippen molar-refractivity contribution in [3.8, 4) is 0 Å². The third-order valence-electron chi connectivity index (χ3n) is 5.77. The van der Waals surface area contributed by atoms with Gasteiger partial charge in [0.1, 0.15) is 0 Å². The zero-order chi connectivity index (χ0) is 18.5. The van der Waals surface area contributed by atoms with Crippen LogP contribution in [0.25, 0.3) is 0 Å². The van der Waals surface area contributed by atoms with E-state index in [1.807, 2.05) is 53.2 Å². The molecule has 3 nitrogen and oxygen atoms in total. The van der Waals surface area contributed by atoms with Crippen LogP contribution in [0.5, 0.6) is 0 Å². The number of likely N-dealkylation sites (tertiary alicyclic amines) is 1. The van der Waals surface area contributed by atoms with E-state index in [0.29, 0.717) is 0 Å². The molecule has 4 heteroatoms. The second-order valence-corrected chi connectivity index (χ2v) is 9.00. The van der Waals surface area contributed by atoms with Crippen molar-refractivity contribution in [3.63, 3.8) is 0 Å². The van der Waals surface area contributed by atoms with Crippen LogP contribution in [0.3, 0.4) is 0 Å². The molecular formula is C23H28N2OS. The SMILES string of the molecule is O=C(c1ccccc1)N1CCCC[C@@H]1c1ccc(SC2CCCCC2)nc1. The molecule has 1 aliphatic carbocycles. The Kier molecular flexibility index (Phi) is 6.13. The maximum atomic E-state index is 13.0. The normalized spacial score (nSPS) is 21.2. The molecule has 0 bridgehead atoms. The van der Waals surface area contributed by atoms with Crippen molar-refractivity contribution in [1.29, 1.82) is 0 Å². The van der Waals surface area contributed by atoms with Crippen molar-refractivity contribution < 1.29 is 4.79 Å². The average Bonchev–Trinajstić information content (AvgIpc) is 2.75. The Labute approximate surface area is 166 Å². The first-order valence-electron chi connectivity index (χ1n) is 10.3. The van der Waals surface area contributed by atoms with Gasteiger partial charge in [0, 0.05) is 23.6 Å². The molecule has 142 valence electrons. The predicted octanol–water partition coefficient (Wildman–Crippen LogP) is 5.87. The second-order valence-electron chi connectivity index (χ2n) is 7.68. The molecule has 2 fully saturated rings. The molecule has 1 aromatic carbocycles. The minimum atomic E-state index is 0.140. The molecule has 4 rings (SSSR count). The topological polar surface area (TPSA) is 33.2 Å². The Balaban J connectivity index is 1.47. The predicted molar refractivity (Wildman–Crippen MR) is 111 cm³/mol. The highest BCUT2D eigenvalue weighted by molar-refractivity contribution is 7.99. The van der Waals surface area contributed by atoms with Crippen LogP contribution in [0.2, 0.25) is 0 Å². The van der Waals surface area contributed by atoms with Crippen molar-refractivity contribution >= 4 is 17.7 Å². The largest absolute Gasteiger partial charge is 0.332 e. The van der Waals surface area contributed by atoms with E-state index in [4.69, 9.17) is 4.98 Å². The molecule has 2 aromatic rings. The minimum Gasteiger partial charge on any atom is -0.332 e. The molecule has 1 amide bonds. The van der Waals surface area contributed by atoms with Crippen LogP contribution >= 0.6 is 11.8 Å². The third-order valence-corrected chi connectivity index (χ3v) is 7.06. The van der Waals surface area contributed by atoms with Crippen molar-refractivity contribution in [2.45, 2.75) is 67.7 Å². The van der Waals surface area contributed by atoms with Gasteiger partial charge in [-0.2, -0.15) is 0 Å². The van der Waals surface area contributed by atoms with E-state index >= 15 is 0 Å². The summed E-state index contributed by atoms with van der Waals surface area (Å²) in [5.74, 6) is 0.140. The van der Waals surface area contributed by atoms with Crippen molar-refractivity contribution in [2.75, 3.05) is 6.54 Å². The Hall–Kier alpha value is -1.81. The fourth-order valence-electron chi connectivity index (χ4n) is 4.28. The summed E-state index contributed by atoms with van der Waals surface area (Å²) in [6.07, 6.45) is 12.0. The lowest BCUT2D eigenvalue weighted by Crippen LogP contribution is -2.38. The van der Waals surface area contributed by atoms with Crippen LogP contribution in [0, 0.1) is 0 Å². The van der Waals surface area contributed by atoms with Crippen LogP contribution in [0.1, 0.15) is 73.3 Å². The van der Waals surface area contributed by atoms with E-state index < -0.39 is 0 Å². The van der Waals surface area contributed by atoms with Crippen LogP contribution in [-0.4, -0.2) is 27.6 Å². The first kappa shape index (κ1) is 18.5. The zero-order valence-corrected chi connectivity index (χ0v) is 16.7. The number of hydrogen-bond acceptors (Lipinski definition) is 3. The number of amides is 1. The molecule has 2 heterocycles. The summed E-state index contributed by atoms with van der Waals surface area (Å²) in [6.45, 7) is 0.830. The van der Waals surface area contributed by atoms with Gasteiger partial charge in [-0.1, -0.05) is 43.5 Å². The third kappa shape index (κ3) is 4.55. The Morgan fingerprint density at radius 1 is 0.926 bits per heavy atom. The first-order valence-corrected chi connectivity index (χ1v) is 11.2. The van der Waals surface area contributed by atoms with Gasteiger partial charge < -0.3 is 4.90 Å². The summed E-state index contributed by atoms with van der Waals surface area (Å²) in [7, 11) is 0. The van der Waals surface area contributed by atoms with Gasteiger partial charge in [-0.3, -0.25) is 4.79 Å². The molecule has 1 atom stereocenters. The Morgan fingerprint density at radius 2 is 1.70 bits per heavy atom. The highest BCUT2D eigenvalue weighted by Crippen LogP contribution is 2.35. The zero-order valence-electron chi connectivity index (χ0n) is 15.8. The summed E-state index contributed by atoms with van der Waals surface area (Å²) in [5, 5.41) is 1.85. The fraction of sp³-hybridized carbons (Fsp3) is 0.478. The number of thioether (sulfide) groups is 1. The molecule has 0 spiro atoms. The number of carbonyl (C=O) groups is 1. The first-order chi connectivity index (χ1) is 13.3. The van der Waals surface area contributed by atoms with E-state index in [-0.39, 0.29) is 11.9 Å². The Bertz CT molecular complexity index is 741. The monoisotopic (exact) mass is 380 g/mol. The van der Waals surface area contributed by atoms with Gasteiger partial charge in [0.25, 0.3) is 5.91 Å². The number of pyridine rings is 1. The molecule has 0 N–H and O–H groups in total. The van der Waals surface area contributed by atoms with Crippen LogP contribution < -0.4 is 0 Å². The molecule has 1 aromatic heterocycles. The van der Waals surface area contributed by atoms with Gasteiger partial charge >= 0.3 is 0 Å². The molecule has 1 aliphatic heterocycles. The minimum absolute atomic E-state index is 0.140. The number of benzene rings is 1. The maximum absolute atomic E-state index is 13.0.